The smallest absolute Gasteiger partial charge is 0.0212 e. The van der Waals surface area contributed by atoms with Gasteiger partial charge in [-0.05, 0) is 39.7 Å². The molecule has 1 fully saturated rings. The summed E-state index contributed by atoms with van der Waals surface area (Å²) < 4.78 is 0. The van der Waals surface area contributed by atoms with Gasteiger partial charge in [0.25, 0.3) is 0 Å². The summed E-state index contributed by atoms with van der Waals surface area (Å²) in [4.78, 5) is 2.44. The van der Waals surface area contributed by atoms with Gasteiger partial charge in [-0.3, -0.25) is 0 Å². The molecule has 0 aromatic heterocycles. The molecule has 3 unspecified atom stereocenters. The molecular formula is C12H26N2. The molecule has 0 saturated carbocycles. The molecule has 1 aliphatic heterocycles. The summed E-state index contributed by atoms with van der Waals surface area (Å²) in [7, 11) is 2.22. The van der Waals surface area contributed by atoms with Gasteiger partial charge in [0.05, 0.1) is 0 Å². The van der Waals surface area contributed by atoms with Crippen molar-refractivity contribution >= 4 is 0 Å². The molecule has 1 N–H and O–H groups in total. The minimum absolute atomic E-state index is 0.665. The Morgan fingerprint density at radius 1 is 1.36 bits per heavy atom. The Labute approximate surface area is 89.1 Å². The Hall–Kier alpha value is -0.0800. The third kappa shape index (κ3) is 3.58. The van der Waals surface area contributed by atoms with Crippen molar-refractivity contribution in [3.05, 3.63) is 0 Å². The third-order valence-corrected chi connectivity index (χ3v) is 3.23. The van der Waals surface area contributed by atoms with Crippen LogP contribution in [-0.2, 0) is 0 Å². The molecule has 0 bridgehead atoms. The Kier molecular flexibility index (Phi) is 4.39. The molecule has 2 heteroatoms. The first-order chi connectivity index (χ1) is 6.49. The molecule has 0 aromatic rings. The average molecular weight is 198 g/mol. The van der Waals surface area contributed by atoms with Crippen LogP contribution in [0, 0.1) is 5.92 Å². The second-order valence-electron chi connectivity index (χ2n) is 5.42. The Morgan fingerprint density at radius 3 is 2.43 bits per heavy atom. The van der Waals surface area contributed by atoms with Gasteiger partial charge in [-0.2, -0.15) is 0 Å². The lowest BCUT2D eigenvalue weighted by Gasteiger charge is -2.20. The number of nitrogens with zero attached hydrogens (tertiary/aromatic N) is 1. The molecule has 0 aromatic carbocycles. The van der Waals surface area contributed by atoms with E-state index in [-0.39, 0.29) is 0 Å². The minimum atomic E-state index is 0.665. The van der Waals surface area contributed by atoms with Crippen molar-refractivity contribution in [2.45, 2.75) is 58.7 Å². The van der Waals surface area contributed by atoms with Gasteiger partial charge in [-0.15, -0.1) is 0 Å². The molecule has 3 atom stereocenters. The third-order valence-electron chi connectivity index (χ3n) is 3.23. The first-order valence-corrected chi connectivity index (χ1v) is 5.95. The highest BCUT2D eigenvalue weighted by Crippen LogP contribution is 2.16. The lowest BCUT2D eigenvalue weighted by atomic mass is 10.0. The number of likely N-dealkylation sites (tertiary alicyclic amines) is 1. The molecule has 0 amide bonds. The van der Waals surface area contributed by atoms with Crippen molar-refractivity contribution in [1.29, 1.82) is 0 Å². The van der Waals surface area contributed by atoms with Crippen molar-refractivity contribution in [3.8, 4) is 0 Å². The molecule has 1 heterocycles. The highest BCUT2D eigenvalue weighted by atomic mass is 15.2. The van der Waals surface area contributed by atoms with E-state index < -0.39 is 0 Å². The normalized spacial score (nSPS) is 31.3. The molecule has 0 radical (unpaired) electrons. The van der Waals surface area contributed by atoms with Crippen LogP contribution >= 0.6 is 0 Å². The molecule has 0 aliphatic carbocycles. The average Bonchev–Trinajstić information content (AvgIpc) is 2.28. The van der Waals surface area contributed by atoms with Crippen LogP contribution in [0.2, 0.25) is 0 Å². The van der Waals surface area contributed by atoms with E-state index in [0.717, 1.165) is 12.0 Å². The summed E-state index contributed by atoms with van der Waals surface area (Å²) in [5, 5.41) is 3.73. The zero-order valence-electron chi connectivity index (χ0n) is 10.4. The monoisotopic (exact) mass is 198 g/mol. The van der Waals surface area contributed by atoms with Gasteiger partial charge in [0.2, 0.25) is 0 Å². The number of nitrogens with one attached hydrogen (secondary N) is 1. The quantitative estimate of drug-likeness (QED) is 0.744. The summed E-state index contributed by atoms with van der Waals surface area (Å²) in [5.74, 6) is 0.800. The van der Waals surface area contributed by atoms with Crippen LogP contribution in [0.4, 0.5) is 0 Å². The van der Waals surface area contributed by atoms with Crippen LogP contribution in [0.1, 0.15) is 40.5 Å². The second-order valence-corrected chi connectivity index (χ2v) is 5.42. The van der Waals surface area contributed by atoms with E-state index in [1.807, 2.05) is 0 Å². The van der Waals surface area contributed by atoms with E-state index in [2.05, 4.69) is 45.0 Å². The lowest BCUT2D eigenvalue weighted by molar-refractivity contribution is 0.322. The van der Waals surface area contributed by atoms with Crippen LogP contribution < -0.4 is 5.32 Å². The Balaban J connectivity index is 2.25. The van der Waals surface area contributed by atoms with Crippen molar-refractivity contribution in [2.24, 2.45) is 5.92 Å². The van der Waals surface area contributed by atoms with E-state index >= 15 is 0 Å². The second kappa shape index (κ2) is 5.13. The lowest BCUT2D eigenvalue weighted by Crippen LogP contribution is -2.38. The molecule has 1 aliphatic rings. The number of likely N-dealkylation sites (N-methyl/N-ethyl adjacent to an activating group) is 1. The Morgan fingerprint density at radius 2 is 2.00 bits per heavy atom. The van der Waals surface area contributed by atoms with Crippen LogP contribution in [0.5, 0.6) is 0 Å². The first kappa shape index (κ1) is 12.0. The van der Waals surface area contributed by atoms with E-state index in [0.29, 0.717) is 12.1 Å². The van der Waals surface area contributed by atoms with Crippen LogP contribution in [0.3, 0.4) is 0 Å². The summed E-state index contributed by atoms with van der Waals surface area (Å²) in [6.07, 6.45) is 2.59. The molecule has 2 nitrogen and oxygen atoms in total. The maximum Gasteiger partial charge on any atom is 0.0212 e. The van der Waals surface area contributed by atoms with Crippen LogP contribution in [0.25, 0.3) is 0 Å². The fraction of sp³-hybridized carbons (Fsp3) is 1.00. The fourth-order valence-electron chi connectivity index (χ4n) is 2.49. The largest absolute Gasteiger partial charge is 0.310 e. The molecule has 84 valence electrons. The topological polar surface area (TPSA) is 15.3 Å². The molecule has 0 spiro atoms. The van der Waals surface area contributed by atoms with Crippen molar-refractivity contribution in [3.63, 3.8) is 0 Å². The van der Waals surface area contributed by atoms with Gasteiger partial charge in [-0.1, -0.05) is 13.8 Å². The fourth-order valence-corrected chi connectivity index (χ4v) is 2.49. The summed E-state index contributed by atoms with van der Waals surface area (Å²) >= 11 is 0. The summed E-state index contributed by atoms with van der Waals surface area (Å²) in [6.45, 7) is 10.4. The van der Waals surface area contributed by atoms with E-state index in [9.17, 15) is 0 Å². The van der Waals surface area contributed by atoms with Gasteiger partial charge >= 0.3 is 0 Å². The van der Waals surface area contributed by atoms with Gasteiger partial charge in [0.15, 0.2) is 0 Å². The van der Waals surface area contributed by atoms with Crippen molar-refractivity contribution in [2.75, 3.05) is 13.6 Å². The van der Waals surface area contributed by atoms with E-state index in [1.165, 1.54) is 19.4 Å². The molecule has 1 rings (SSSR count). The molecular weight excluding hydrogens is 172 g/mol. The number of rotatable bonds is 4. The predicted molar refractivity (Wildman–Crippen MR) is 62.5 cm³/mol. The summed E-state index contributed by atoms with van der Waals surface area (Å²) in [5.41, 5.74) is 0. The van der Waals surface area contributed by atoms with Crippen molar-refractivity contribution < 1.29 is 0 Å². The number of hydrogen-bond donors (Lipinski definition) is 1. The highest BCUT2D eigenvalue weighted by Gasteiger charge is 2.26. The standard InChI is InChI=1S/C12H26N2/c1-9(2)6-10(3)13-12-7-11(4)14(5)8-12/h9-13H,6-8H2,1-5H3. The maximum atomic E-state index is 3.73. The number of hydrogen-bond acceptors (Lipinski definition) is 2. The van der Waals surface area contributed by atoms with Gasteiger partial charge < -0.3 is 10.2 Å². The Bertz CT molecular complexity index is 158. The van der Waals surface area contributed by atoms with Gasteiger partial charge in [0.1, 0.15) is 0 Å². The van der Waals surface area contributed by atoms with Crippen molar-refractivity contribution in [1.82, 2.24) is 10.2 Å². The highest BCUT2D eigenvalue weighted by molar-refractivity contribution is 4.86. The van der Waals surface area contributed by atoms with Crippen LogP contribution in [0.15, 0.2) is 0 Å². The van der Waals surface area contributed by atoms with E-state index in [1.54, 1.807) is 0 Å². The zero-order chi connectivity index (χ0) is 10.7. The van der Waals surface area contributed by atoms with Gasteiger partial charge in [0, 0.05) is 24.7 Å². The van der Waals surface area contributed by atoms with E-state index in [4.69, 9.17) is 0 Å². The minimum Gasteiger partial charge on any atom is -0.310 e. The summed E-state index contributed by atoms with van der Waals surface area (Å²) in [6, 6.07) is 2.13. The van der Waals surface area contributed by atoms with Crippen LogP contribution in [-0.4, -0.2) is 36.6 Å². The molecule has 1 saturated heterocycles. The maximum absolute atomic E-state index is 3.73. The SMILES string of the molecule is CC(C)CC(C)NC1CC(C)N(C)C1. The van der Waals surface area contributed by atoms with Gasteiger partial charge in [-0.25, -0.2) is 0 Å². The predicted octanol–water partition coefficient (Wildman–Crippen LogP) is 2.10. The molecule has 14 heavy (non-hydrogen) atoms. The zero-order valence-corrected chi connectivity index (χ0v) is 10.4. The first-order valence-electron chi connectivity index (χ1n) is 5.95.